The summed E-state index contributed by atoms with van der Waals surface area (Å²) >= 11 is 0. The van der Waals surface area contributed by atoms with E-state index in [9.17, 15) is 4.79 Å². The number of carbonyl (C=O) groups is 1. The predicted molar refractivity (Wildman–Crippen MR) is 90.6 cm³/mol. The summed E-state index contributed by atoms with van der Waals surface area (Å²) in [6, 6.07) is 0. The van der Waals surface area contributed by atoms with E-state index in [0.29, 0.717) is 25.7 Å². The second-order valence-electron chi connectivity index (χ2n) is 4.65. The van der Waals surface area contributed by atoms with Gasteiger partial charge in [0.05, 0.1) is 25.7 Å². The summed E-state index contributed by atoms with van der Waals surface area (Å²) in [6.45, 7) is 2.20. The van der Waals surface area contributed by atoms with Crippen molar-refractivity contribution >= 4 is 5.97 Å². The van der Waals surface area contributed by atoms with Crippen molar-refractivity contribution in [2.45, 2.75) is 71.1 Å². The van der Waals surface area contributed by atoms with E-state index < -0.39 is 5.97 Å². The van der Waals surface area contributed by atoms with Gasteiger partial charge < -0.3 is 5.11 Å². The molecular formula is C20H24O2. The van der Waals surface area contributed by atoms with E-state index in [1.54, 1.807) is 0 Å². The maximum absolute atomic E-state index is 10.2. The predicted octanol–water partition coefficient (Wildman–Crippen LogP) is 4.01. The number of rotatable bonds is 6. The summed E-state index contributed by atoms with van der Waals surface area (Å²) in [5, 5.41) is 8.42. The van der Waals surface area contributed by atoms with E-state index in [1.165, 1.54) is 25.7 Å². The molecule has 0 aliphatic carbocycles. The lowest BCUT2D eigenvalue weighted by Crippen LogP contribution is -1.91. The molecule has 0 amide bonds. The number of unbranched alkanes of at least 4 members (excludes halogenated alkanes) is 4. The van der Waals surface area contributed by atoms with Gasteiger partial charge in [-0.25, -0.2) is 0 Å². The summed E-state index contributed by atoms with van der Waals surface area (Å²) in [7, 11) is 0. The van der Waals surface area contributed by atoms with E-state index in [-0.39, 0.29) is 6.42 Å². The lowest BCUT2D eigenvalue weighted by Gasteiger charge is -1.91. The maximum Gasteiger partial charge on any atom is 0.304 e. The van der Waals surface area contributed by atoms with Crippen molar-refractivity contribution in [3.63, 3.8) is 0 Å². The Morgan fingerprint density at radius 2 is 1.23 bits per heavy atom. The van der Waals surface area contributed by atoms with Gasteiger partial charge in [-0.1, -0.05) is 61.7 Å². The lowest BCUT2D eigenvalue weighted by atomic mass is 10.1. The van der Waals surface area contributed by atoms with Crippen LogP contribution in [0.3, 0.4) is 0 Å². The highest BCUT2D eigenvalue weighted by Gasteiger charge is 1.90. The molecule has 0 radical (unpaired) electrons. The van der Waals surface area contributed by atoms with E-state index in [1.807, 2.05) is 0 Å². The van der Waals surface area contributed by atoms with Gasteiger partial charge in [-0.15, -0.1) is 11.8 Å². The van der Waals surface area contributed by atoms with Crippen LogP contribution in [-0.2, 0) is 4.79 Å². The van der Waals surface area contributed by atoms with Gasteiger partial charge >= 0.3 is 5.97 Å². The first-order valence-electron chi connectivity index (χ1n) is 7.82. The Bertz CT molecular complexity index is 541. The molecule has 0 bridgehead atoms. The first-order chi connectivity index (χ1) is 10.8. The number of carboxylic acids is 1. The molecular weight excluding hydrogens is 272 g/mol. The van der Waals surface area contributed by atoms with E-state index in [2.05, 4.69) is 54.3 Å². The number of carboxylic acid groups (broad SMARTS) is 1. The first-order valence-corrected chi connectivity index (χ1v) is 7.82. The second kappa shape index (κ2) is 16.8. The molecule has 0 unspecified atom stereocenters. The molecule has 116 valence electrons. The molecule has 0 heterocycles. The monoisotopic (exact) mass is 296 g/mol. The van der Waals surface area contributed by atoms with Crippen molar-refractivity contribution < 1.29 is 9.90 Å². The average Bonchev–Trinajstić information content (AvgIpc) is 2.50. The molecule has 22 heavy (non-hydrogen) atoms. The van der Waals surface area contributed by atoms with Gasteiger partial charge in [0.2, 0.25) is 0 Å². The Labute approximate surface area is 135 Å². The fraction of sp³-hybridized carbons (Fsp3) is 0.550. The van der Waals surface area contributed by atoms with Gasteiger partial charge in [0, 0.05) is 12.8 Å². The SMILES string of the molecule is CCCCCCC#CCC#CCC#CCC#CCCC(=O)O. The molecule has 0 rings (SSSR count). The number of aliphatic carboxylic acids is 1. The fourth-order valence-corrected chi connectivity index (χ4v) is 1.49. The highest BCUT2D eigenvalue weighted by atomic mass is 16.4. The van der Waals surface area contributed by atoms with Crippen LogP contribution in [-0.4, -0.2) is 11.1 Å². The summed E-state index contributed by atoms with van der Waals surface area (Å²) in [5.74, 6) is 22.7. The maximum atomic E-state index is 10.2. The standard InChI is InChI=1S/C20H24O2/c1-2-3-4-5-6-7-8-9-10-11-12-13-14-15-16-17-18-19-20(21)22/h2-6,9,12,15,18-19H2,1H3,(H,21,22). The molecule has 0 aromatic heterocycles. The van der Waals surface area contributed by atoms with Gasteiger partial charge in [0.1, 0.15) is 0 Å². The molecule has 2 nitrogen and oxygen atoms in total. The van der Waals surface area contributed by atoms with Crippen LogP contribution in [0.4, 0.5) is 0 Å². The van der Waals surface area contributed by atoms with Crippen molar-refractivity contribution in [3.8, 4) is 47.4 Å². The largest absolute Gasteiger partial charge is 0.481 e. The molecule has 1 N–H and O–H groups in total. The quantitative estimate of drug-likeness (QED) is 0.594. The molecule has 0 fully saturated rings. The normalized spacial score (nSPS) is 8.05. The van der Waals surface area contributed by atoms with Crippen molar-refractivity contribution in [1.29, 1.82) is 0 Å². The van der Waals surface area contributed by atoms with Crippen molar-refractivity contribution in [2.75, 3.05) is 0 Å². The van der Waals surface area contributed by atoms with Crippen LogP contribution < -0.4 is 0 Å². The van der Waals surface area contributed by atoms with Crippen LogP contribution >= 0.6 is 0 Å². The Morgan fingerprint density at radius 1 is 0.727 bits per heavy atom. The lowest BCUT2D eigenvalue weighted by molar-refractivity contribution is -0.136. The molecule has 0 saturated heterocycles. The summed E-state index contributed by atoms with van der Waals surface area (Å²) in [6.07, 6.45) is 8.08. The molecule has 0 aromatic carbocycles. The van der Waals surface area contributed by atoms with Crippen LogP contribution in [0.25, 0.3) is 0 Å². The fourth-order valence-electron chi connectivity index (χ4n) is 1.49. The van der Waals surface area contributed by atoms with E-state index in [0.717, 1.165) is 6.42 Å². The minimum Gasteiger partial charge on any atom is -0.481 e. The Kier molecular flexibility index (Phi) is 15.0. The minimum atomic E-state index is -0.820. The topological polar surface area (TPSA) is 37.3 Å². The average molecular weight is 296 g/mol. The van der Waals surface area contributed by atoms with Gasteiger partial charge in [-0.2, -0.15) is 0 Å². The van der Waals surface area contributed by atoms with Crippen LogP contribution in [0.5, 0.6) is 0 Å². The highest BCUT2D eigenvalue weighted by molar-refractivity contribution is 5.67. The molecule has 0 saturated carbocycles. The zero-order valence-corrected chi connectivity index (χ0v) is 13.4. The third-order valence-electron chi connectivity index (χ3n) is 2.65. The van der Waals surface area contributed by atoms with Crippen LogP contribution in [0.15, 0.2) is 0 Å². The number of hydrogen-bond acceptors (Lipinski definition) is 1. The van der Waals surface area contributed by atoms with Crippen LogP contribution in [0.2, 0.25) is 0 Å². The van der Waals surface area contributed by atoms with Crippen LogP contribution in [0, 0.1) is 47.4 Å². The van der Waals surface area contributed by atoms with E-state index in [4.69, 9.17) is 5.11 Å². The van der Waals surface area contributed by atoms with Crippen molar-refractivity contribution in [3.05, 3.63) is 0 Å². The van der Waals surface area contributed by atoms with Gasteiger partial charge in [0.15, 0.2) is 0 Å². The Balaban J connectivity index is 3.58. The van der Waals surface area contributed by atoms with Crippen molar-refractivity contribution in [1.82, 2.24) is 0 Å². The second-order valence-corrected chi connectivity index (χ2v) is 4.65. The summed E-state index contributed by atoms with van der Waals surface area (Å²) in [4.78, 5) is 10.2. The first kappa shape index (κ1) is 19.7. The third-order valence-corrected chi connectivity index (χ3v) is 2.65. The van der Waals surface area contributed by atoms with Crippen molar-refractivity contribution in [2.24, 2.45) is 0 Å². The van der Waals surface area contributed by atoms with Gasteiger partial charge in [0.25, 0.3) is 0 Å². The minimum absolute atomic E-state index is 0.0888. The molecule has 0 aliphatic heterocycles. The molecule has 0 spiro atoms. The molecule has 0 atom stereocenters. The summed E-state index contributed by atoms with van der Waals surface area (Å²) < 4.78 is 0. The zero-order valence-electron chi connectivity index (χ0n) is 13.4. The smallest absolute Gasteiger partial charge is 0.304 e. The Hall–Kier alpha value is -2.29. The molecule has 2 heteroatoms. The Morgan fingerprint density at radius 3 is 1.73 bits per heavy atom. The van der Waals surface area contributed by atoms with Gasteiger partial charge in [-0.3, -0.25) is 4.79 Å². The molecule has 0 aromatic rings. The number of hydrogen-bond donors (Lipinski definition) is 1. The van der Waals surface area contributed by atoms with Crippen LogP contribution in [0.1, 0.15) is 71.1 Å². The zero-order chi connectivity index (χ0) is 16.3. The van der Waals surface area contributed by atoms with E-state index >= 15 is 0 Å². The third kappa shape index (κ3) is 17.7. The summed E-state index contributed by atoms with van der Waals surface area (Å²) in [5.41, 5.74) is 0. The molecule has 0 aliphatic rings. The van der Waals surface area contributed by atoms with Gasteiger partial charge in [-0.05, 0) is 6.42 Å². The highest BCUT2D eigenvalue weighted by Crippen LogP contribution is 2.00.